The van der Waals surface area contributed by atoms with Crippen molar-refractivity contribution in [1.82, 2.24) is 0 Å². The number of halogens is 3. The average Bonchev–Trinajstić information content (AvgIpc) is 2.54. The van der Waals surface area contributed by atoms with Gasteiger partial charge in [0.15, 0.2) is 0 Å². The monoisotopic (exact) mass is 376 g/mol. The van der Waals surface area contributed by atoms with Crippen molar-refractivity contribution in [1.29, 1.82) is 0 Å². The van der Waals surface area contributed by atoms with Crippen molar-refractivity contribution in [2.75, 3.05) is 11.5 Å². The third kappa shape index (κ3) is 3.18. The highest BCUT2D eigenvalue weighted by molar-refractivity contribution is 6.37. The first-order valence-electron chi connectivity index (χ1n) is 7.28. The molecule has 4 N–H and O–H groups in total. The molecule has 2 nitrogen and oxygen atoms in total. The number of benzene rings is 3. The van der Waals surface area contributed by atoms with Crippen LogP contribution in [0, 0.1) is 6.92 Å². The van der Waals surface area contributed by atoms with Gasteiger partial charge >= 0.3 is 0 Å². The predicted molar refractivity (Wildman–Crippen MR) is 106 cm³/mol. The van der Waals surface area contributed by atoms with E-state index in [1.54, 1.807) is 12.1 Å². The van der Waals surface area contributed by atoms with Crippen LogP contribution in [-0.2, 0) is 0 Å². The van der Waals surface area contributed by atoms with E-state index < -0.39 is 0 Å². The molecule has 0 aliphatic carbocycles. The molecule has 0 atom stereocenters. The quantitative estimate of drug-likeness (QED) is 0.504. The Balaban J connectivity index is 2.11. The van der Waals surface area contributed by atoms with Gasteiger partial charge in [-0.3, -0.25) is 0 Å². The molecule has 3 rings (SSSR count). The Morgan fingerprint density at radius 1 is 0.625 bits per heavy atom. The van der Waals surface area contributed by atoms with E-state index in [0.717, 1.165) is 33.5 Å². The highest BCUT2D eigenvalue weighted by Crippen LogP contribution is 2.39. The van der Waals surface area contributed by atoms with Crippen LogP contribution >= 0.6 is 34.8 Å². The first-order chi connectivity index (χ1) is 11.4. The van der Waals surface area contributed by atoms with Crippen LogP contribution < -0.4 is 11.5 Å². The molecule has 3 aromatic rings. The van der Waals surface area contributed by atoms with Gasteiger partial charge in [-0.1, -0.05) is 46.9 Å². The van der Waals surface area contributed by atoms with Gasteiger partial charge in [0, 0.05) is 26.9 Å². The van der Waals surface area contributed by atoms with Gasteiger partial charge in [-0.2, -0.15) is 0 Å². The van der Waals surface area contributed by atoms with E-state index in [-0.39, 0.29) is 0 Å². The standard InChI is InChI=1S/C19H15Cl3N2/c1-10-6-11(2-4-18(10)23)13-8-16(21)14(9-15(13)20)12-3-5-19(24)17(22)7-12/h2-9H,23-24H2,1H3. The van der Waals surface area contributed by atoms with Crippen LogP contribution in [0.25, 0.3) is 22.3 Å². The van der Waals surface area contributed by atoms with E-state index >= 15 is 0 Å². The molecule has 5 heteroatoms. The van der Waals surface area contributed by atoms with E-state index in [9.17, 15) is 0 Å². The second-order valence-corrected chi connectivity index (χ2v) is 6.84. The van der Waals surface area contributed by atoms with Gasteiger partial charge in [0.25, 0.3) is 0 Å². The van der Waals surface area contributed by atoms with E-state index in [1.165, 1.54) is 0 Å². The number of rotatable bonds is 2. The lowest BCUT2D eigenvalue weighted by atomic mass is 9.98. The molecule has 0 amide bonds. The van der Waals surface area contributed by atoms with E-state index in [4.69, 9.17) is 46.3 Å². The van der Waals surface area contributed by atoms with Gasteiger partial charge in [-0.05, 0) is 60.0 Å². The maximum atomic E-state index is 6.50. The van der Waals surface area contributed by atoms with Gasteiger partial charge in [-0.15, -0.1) is 0 Å². The molecule has 122 valence electrons. The number of anilines is 2. The highest BCUT2D eigenvalue weighted by atomic mass is 35.5. The van der Waals surface area contributed by atoms with Crippen LogP contribution in [0.5, 0.6) is 0 Å². The Kier molecular flexibility index (Phi) is 4.64. The smallest absolute Gasteiger partial charge is 0.0641 e. The van der Waals surface area contributed by atoms with Crippen molar-refractivity contribution in [3.8, 4) is 22.3 Å². The van der Waals surface area contributed by atoms with Gasteiger partial charge < -0.3 is 11.5 Å². The lowest BCUT2D eigenvalue weighted by Gasteiger charge is -2.12. The zero-order valence-corrected chi connectivity index (χ0v) is 15.2. The predicted octanol–water partition coefficient (Wildman–Crippen LogP) is 6.45. The molecule has 0 unspecified atom stereocenters. The summed E-state index contributed by atoms with van der Waals surface area (Å²) in [5, 5.41) is 1.68. The second-order valence-electron chi connectivity index (χ2n) is 5.62. The molecule has 0 heterocycles. The summed E-state index contributed by atoms with van der Waals surface area (Å²) in [4.78, 5) is 0. The SMILES string of the molecule is Cc1cc(-c2cc(Cl)c(-c3ccc(N)c(Cl)c3)cc2Cl)ccc1N. The number of nitrogen functional groups attached to an aromatic ring is 2. The van der Waals surface area contributed by atoms with Crippen molar-refractivity contribution >= 4 is 46.2 Å². The summed E-state index contributed by atoms with van der Waals surface area (Å²) in [6.07, 6.45) is 0. The Hall–Kier alpha value is -1.87. The molecular formula is C19H15Cl3N2. The molecule has 3 aromatic carbocycles. The number of hydrogen-bond donors (Lipinski definition) is 2. The average molecular weight is 378 g/mol. The van der Waals surface area contributed by atoms with Crippen molar-refractivity contribution in [2.45, 2.75) is 6.92 Å². The van der Waals surface area contributed by atoms with Crippen molar-refractivity contribution in [2.24, 2.45) is 0 Å². The van der Waals surface area contributed by atoms with Crippen molar-refractivity contribution in [3.63, 3.8) is 0 Å². The van der Waals surface area contributed by atoms with Gasteiger partial charge in [0.2, 0.25) is 0 Å². The summed E-state index contributed by atoms with van der Waals surface area (Å²) in [7, 11) is 0. The molecule has 0 aliphatic heterocycles. The molecule has 24 heavy (non-hydrogen) atoms. The second kappa shape index (κ2) is 6.56. The fourth-order valence-electron chi connectivity index (χ4n) is 2.53. The fourth-order valence-corrected chi connectivity index (χ4v) is 3.25. The summed E-state index contributed by atoms with van der Waals surface area (Å²) >= 11 is 19.1. The summed E-state index contributed by atoms with van der Waals surface area (Å²) in [6.45, 7) is 1.96. The molecule has 0 aromatic heterocycles. The largest absolute Gasteiger partial charge is 0.399 e. The summed E-state index contributed by atoms with van der Waals surface area (Å²) < 4.78 is 0. The summed E-state index contributed by atoms with van der Waals surface area (Å²) in [5.41, 5.74) is 17.4. The zero-order valence-electron chi connectivity index (χ0n) is 12.9. The van der Waals surface area contributed by atoms with Crippen LogP contribution in [0.15, 0.2) is 48.5 Å². The fraction of sp³-hybridized carbons (Fsp3) is 0.0526. The van der Waals surface area contributed by atoms with Gasteiger partial charge in [-0.25, -0.2) is 0 Å². The van der Waals surface area contributed by atoms with Crippen molar-refractivity contribution < 1.29 is 0 Å². The summed E-state index contributed by atoms with van der Waals surface area (Å²) in [5.74, 6) is 0. The van der Waals surface area contributed by atoms with Crippen molar-refractivity contribution in [3.05, 3.63) is 69.2 Å². The van der Waals surface area contributed by atoms with E-state index in [1.807, 2.05) is 43.3 Å². The van der Waals surface area contributed by atoms with Crippen LogP contribution in [0.1, 0.15) is 5.56 Å². The lowest BCUT2D eigenvalue weighted by molar-refractivity contribution is 1.46. The minimum Gasteiger partial charge on any atom is -0.399 e. The van der Waals surface area contributed by atoms with Crippen LogP contribution in [0.4, 0.5) is 11.4 Å². The van der Waals surface area contributed by atoms with E-state index in [0.29, 0.717) is 20.8 Å². The molecule has 0 radical (unpaired) electrons. The normalized spacial score (nSPS) is 10.8. The maximum absolute atomic E-state index is 6.50. The topological polar surface area (TPSA) is 52.0 Å². The maximum Gasteiger partial charge on any atom is 0.0641 e. The molecule has 0 aliphatic rings. The first-order valence-corrected chi connectivity index (χ1v) is 8.41. The first kappa shape index (κ1) is 17.0. The Labute approximate surface area is 156 Å². The number of nitrogens with two attached hydrogens (primary N) is 2. The number of hydrogen-bond acceptors (Lipinski definition) is 2. The third-order valence-corrected chi connectivity index (χ3v) is 4.90. The Morgan fingerprint density at radius 2 is 1.12 bits per heavy atom. The Morgan fingerprint density at radius 3 is 1.62 bits per heavy atom. The van der Waals surface area contributed by atoms with Crippen LogP contribution in [0.3, 0.4) is 0 Å². The molecule has 0 fully saturated rings. The van der Waals surface area contributed by atoms with Crippen LogP contribution in [0.2, 0.25) is 15.1 Å². The molecule has 0 bridgehead atoms. The summed E-state index contributed by atoms with van der Waals surface area (Å²) in [6, 6.07) is 14.9. The molecule has 0 spiro atoms. The van der Waals surface area contributed by atoms with E-state index in [2.05, 4.69) is 0 Å². The number of aryl methyl sites for hydroxylation is 1. The molecule has 0 saturated heterocycles. The highest BCUT2D eigenvalue weighted by Gasteiger charge is 2.12. The molecule has 0 saturated carbocycles. The van der Waals surface area contributed by atoms with Crippen LogP contribution in [-0.4, -0.2) is 0 Å². The lowest BCUT2D eigenvalue weighted by Crippen LogP contribution is -1.91. The minimum absolute atomic E-state index is 0.484. The zero-order chi connectivity index (χ0) is 17.4. The Bertz CT molecular complexity index is 859. The van der Waals surface area contributed by atoms with Gasteiger partial charge in [0.05, 0.1) is 10.7 Å². The molecular weight excluding hydrogens is 363 g/mol. The minimum atomic E-state index is 0.484. The third-order valence-electron chi connectivity index (χ3n) is 3.95. The van der Waals surface area contributed by atoms with Gasteiger partial charge in [0.1, 0.15) is 0 Å².